The maximum Gasteiger partial charge on any atom is 0.242 e. The number of nitrogens with zero attached hydrogens (tertiary/aromatic N) is 3. The van der Waals surface area contributed by atoms with Crippen molar-refractivity contribution < 1.29 is 9.59 Å². The summed E-state index contributed by atoms with van der Waals surface area (Å²) in [6.45, 7) is 8.40. The summed E-state index contributed by atoms with van der Waals surface area (Å²) in [6, 6.07) is 14.5. The normalized spacial score (nSPS) is 13.5. The van der Waals surface area contributed by atoms with Crippen molar-refractivity contribution in [1.29, 1.82) is 0 Å². The minimum atomic E-state index is 0.0302. The number of rotatable bonds is 11. The van der Waals surface area contributed by atoms with Gasteiger partial charge in [-0.3, -0.25) is 9.59 Å². The molecule has 0 radical (unpaired) electrons. The van der Waals surface area contributed by atoms with E-state index in [0.29, 0.717) is 13.1 Å². The number of hydrogen-bond donors (Lipinski definition) is 0. The Morgan fingerprint density at radius 2 is 1.83 bits per heavy atom. The zero-order chi connectivity index (χ0) is 21.5. The van der Waals surface area contributed by atoms with Crippen molar-refractivity contribution in [3.63, 3.8) is 0 Å². The zero-order valence-corrected chi connectivity index (χ0v) is 18.6. The molecular weight excluding hydrogens is 374 g/mol. The fourth-order valence-corrected chi connectivity index (χ4v) is 3.72. The first-order chi connectivity index (χ1) is 14.5. The summed E-state index contributed by atoms with van der Waals surface area (Å²) in [5.41, 5.74) is 2.34. The predicted molar refractivity (Wildman–Crippen MR) is 120 cm³/mol. The first kappa shape index (κ1) is 22.1. The minimum absolute atomic E-state index is 0.0302. The van der Waals surface area contributed by atoms with Gasteiger partial charge in [-0.2, -0.15) is 0 Å². The number of hydrogen-bond acceptors (Lipinski definition) is 2. The second kappa shape index (κ2) is 10.5. The molecule has 0 unspecified atom stereocenters. The van der Waals surface area contributed by atoms with Crippen LogP contribution in [0, 0.1) is 5.92 Å². The van der Waals surface area contributed by atoms with Gasteiger partial charge in [-0.1, -0.05) is 43.7 Å². The lowest BCUT2D eigenvalue weighted by Gasteiger charge is -2.31. The summed E-state index contributed by atoms with van der Waals surface area (Å²) in [4.78, 5) is 29.6. The summed E-state index contributed by atoms with van der Waals surface area (Å²) < 4.78 is 2.20. The zero-order valence-electron chi connectivity index (χ0n) is 18.6. The third-order valence-corrected chi connectivity index (χ3v) is 5.74. The standard InChI is InChI=1S/C25H35N3O2/c1-4-5-15-27(25(30)22-13-14-22)19-24(29)28(20(2)3)18-23-12-9-16-26(23)17-21-10-7-6-8-11-21/h6-12,16,20,22H,4-5,13-15,17-19H2,1-3H3. The molecule has 2 aromatic rings. The summed E-state index contributed by atoms with van der Waals surface area (Å²) >= 11 is 0. The van der Waals surface area contributed by atoms with Gasteiger partial charge in [0.05, 0.1) is 13.1 Å². The van der Waals surface area contributed by atoms with E-state index in [1.165, 1.54) is 5.56 Å². The number of carbonyl (C=O) groups is 2. The van der Waals surface area contributed by atoms with Crippen molar-refractivity contribution in [3.05, 3.63) is 59.9 Å². The van der Waals surface area contributed by atoms with Crippen LogP contribution in [-0.4, -0.2) is 45.3 Å². The van der Waals surface area contributed by atoms with Crippen LogP contribution in [0.4, 0.5) is 0 Å². The fourth-order valence-electron chi connectivity index (χ4n) is 3.72. The third-order valence-electron chi connectivity index (χ3n) is 5.74. The van der Waals surface area contributed by atoms with Crippen LogP contribution in [0.2, 0.25) is 0 Å². The summed E-state index contributed by atoms with van der Waals surface area (Å²) in [5, 5.41) is 0. The maximum absolute atomic E-state index is 13.2. The van der Waals surface area contributed by atoms with Crippen molar-refractivity contribution in [2.24, 2.45) is 5.92 Å². The lowest BCUT2D eigenvalue weighted by Crippen LogP contribution is -2.46. The SMILES string of the molecule is CCCCN(CC(=O)N(Cc1cccn1Cc1ccccc1)C(C)C)C(=O)C1CC1. The van der Waals surface area contributed by atoms with Crippen molar-refractivity contribution in [3.8, 4) is 0 Å². The maximum atomic E-state index is 13.2. The predicted octanol–water partition coefficient (Wildman–Crippen LogP) is 4.31. The van der Waals surface area contributed by atoms with E-state index in [-0.39, 0.29) is 30.3 Å². The van der Waals surface area contributed by atoms with Gasteiger partial charge in [-0.05, 0) is 50.8 Å². The van der Waals surface area contributed by atoms with Crippen molar-refractivity contribution >= 4 is 11.8 Å². The van der Waals surface area contributed by atoms with E-state index in [9.17, 15) is 9.59 Å². The van der Waals surface area contributed by atoms with Gasteiger partial charge in [0.2, 0.25) is 11.8 Å². The summed E-state index contributed by atoms with van der Waals surface area (Å²) in [6.07, 6.45) is 5.96. The number of carbonyl (C=O) groups excluding carboxylic acids is 2. The van der Waals surface area contributed by atoms with Crippen LogP contribution >= 0.6 is 0 Å². The highest BCUT2D eigenvalue weighted by atomic mass is 16.2. The van der Waals surface area contributed by atoms with E-state index in [2.05, 4.69) is 35.9 Å². The van der Waals surface area contributed by atoms with Crippen molar-refractivity contribution in [1.82, 2.24) is 14.4 Å². The molecule has 0 saturated heterocycles. The Morgan fingerprint density at radius 1 is 1.10 bits per heavy atom. The number of benzene rings is 1. The van der Waals surface area contributed by atoms with Gasteiger partial charge in [-0.25, -0.2) is 0 Å². The highest BCUT2D eigenvalue weighted by Crippen LogP contribution is 2.31. The molecule has 1 aromatic heterocycles. The van der Waals surface area contributed by atoms with Gasteiger partial charge < -0.3 is 14.4 Å². The largest absolute Gasteiger partial charge is 0.345 e. The molecular formula is C25H35N3O2. The number of amides is 2. The summed E-state index contributed by atoms with van der Waals surface area (Å²) in [7, 11) is 0. The van der Waals surface area contributed by atoms with Crippen LogP contribution in [0.15, 0.2) is 48.7 Å². The monoisotopic (exact) mass is 409 g/mol. The second-order valence-corrected chi connectivity index (χ2v) is 8.62. The molecule has 1 fully saturated rings. The molecule has 30 heavy (non-hydrogen) atoms. The quantitative estimate of drug-likeness (QED) is 0.555. The Morgan fingerprint density at radius 3 is 2.47 bits per heavy atom. The van der Waals surface area contributed by atoms with E-state index >= 15 is 0 Å². The minimum Gasteiger partial charge on any atom is -0.345 e. The van der Waals surface area contributed by atoms with Crippen LogP contribution in [0.25, 0.3) is 0 Å². The molecule has 1 aliphatic rings. The molecule has 5 heteroatoms. The molecule has 0 spiro atoms. The van der Waals surface area contributed by atoms with Gasteiger partial charge in [0, 0.05) is 36.9 Å². The first-order valence-electron chi connectivity index (χ1n) is 11.3. The topological polar surface area (TPSA) is 45.6 Å². The van der Waals surface area contributed by atoms with E-state index in [4.69, 9.17) is 0 Å². The van der Waals surface area contributed by atoms with Crippen LogP contribution in [0.5, 0.6) is 0 Å². The average Bonchev–Trinajstić information content (AvgIpc) is 3.50. The first-order valence-corrected chi connectivity index (χ1v) is 11.3. The smallest absolute Gasteiger partial charge is 0.242 e. The van der Waals surface area contributed by atoms with Gasteiger partial charge in [-0.15, -0.1) is 0 Å². The molecule has 0 atom stereocenters. The van der Waals surface area contributed by atoms with E-state index in [1.807, 2.05) is 43.0 Å². The Balaban J connectivity index is 1.68. The average molecular weight is 410 g/mol. The Kier molecular flexibility index (Phi) is 7.72. The van der Waals surface area contributed by atoms with E-state index in [1.54, 1.807) is 4.90 Å². The fraction of sp³-hybridized carbons (Fsp3) is 0.520. The Labute approximate surface area is 180 Å². The molecule has 1 saturated carbocycles. The Bertz CT molecular complexity index is 824. The Hall–Kier alpha value is -2.56. The van der Waals surface area contributed by atoms with E-state index in [0.717, 1.165) is 37.9 Å². The van der Waals surface area contributed by atoms with Gasteiger partial charge in [0.25, 0.3) is 0 Å². The molecule has 1 aromatic carbocycles. The second-order valence-electron chi connectivity index (χ2n) is 8.62. The summed E-state index contributed by atoms with van der Waals surface area (Å²) in [5.74, 6) is 0.334. The van der Waals surface area contributed by atoms with Crippen LogP contribution in [0.1, 0.15) is 57.7 Å². The van der Waals surface area contributed by atoms with Crippen molar-refractivity contribution in [2.45, 2.75) is 65.6 Å². The molecule has 0 aliphatic heterocycles. The van der Waals surface area contributed by atoms with Gasteiger partial charge in [0.1, 0.15) is 0 Å². The number of unbranched alkanes of at least 4 members (excludes halogenated alkanes) is 1. The van der Waals surface area contributed by atoms with E-state index < -0.39 is 0 Å². The highest BCUT2D eigenvalue weighted by Gasteiger charge is 2.34. The molecule has 1 heterocycles. The molecule has 0 N–H and O–H groups in total. The third kappa shape index (κ3) is 5.97. The molecule has 3 rings (SSSR count). The molecule has 1 aliphatic carbocycles. The molecule has 162 valence electrons. The van der Waals surface area contributed by atoms with Crippen LogP contribution < -0.4 is 0 Å². The van der Waals surface area contributed by atoms with Gasteiger partial charge >= 0.3 is 0 Å². The van der Waals surface area contributed by atoms with Crippen molar-refractivity contribution in [2.75, 3.05) is 13.1 Å². The molecule has 5 nitrogen and oxygen atoms in total. The van der Waals surface area contributed by atoms with Gasteiger partial charge in [0.15, 0.2) is 0 Å². The molecule has 2 amide bonds. The van der Waals surface area contributed by atoms with Crippen LogP contribution in [-0.2, 0) is 22.7 Å². The lowest BCUT2D eigenvalue weighted by molar-refractivity contribution is -0.142. The van der Waals surface area contributed by atoms with Crippen LogP contribution in [0.3, 0.4) is 0 Å². The molecule has 0 bridgehead atoms. The highest BCUT2D eigenvalue weighted by molar-refractivity contribution is 5.87. The lowest BCUT2D eigenvalue weighted by atomic mass is 10.2. The number of aromatic nitrogens is 1.